The van der Waals surface area contributed by atoms with Crippen LogP contribution < -0.4 is 5.32 Å². The minimum absolute atomic E-state index is 0.171. The van der Waals surface area contributed by atoms with Crippen LogP contribution in [-0.2, 0) is 4.74 Å². The summed E-state index contributed by atoms with van der Waals surface area (Å²) in [6.07, 6.45) is 1.13. The highest BCUT2D eigenvalue weighted by molar-refractivity contribution is 5.19. The normalized spacial score (nSPS) is 22.2. The minimum Gasteiger partial charge on any atom is -0.381 e. The van der Waals surface area contributed by atoms with Crippen LogP contribution in [0.4, 0.5) is 4.39 Å². The van der Waals surface area contributed by atoms with Crippen LogP contribution in [0.3, 0.4) is 0 Å². The molecule has 0 aromatic heterocycles. The number of nitrogens with one attached hydrogen (secondary N) is 1. The predicted octanol–water partition coefficient (Wildman–Crippen LogP) is 2.51. The average molecular weight is 223 g/mol. The maximum absolute atomic E-state index is 13.0. The van der Waals surface area contributed by atoms with E-state index in [0.717, 1.165) is 31.7 Å². The van der Waals surface area contributed by atoms with Gasteiger partial charge in [-0.1, -0.05) is 12.1 Å². The fourth-order valence-corrected chi connectivity index (χ4v) is 1.98. The van der Waals surface area contributed by atoms with Gasteiger partial charge in [-0.2, -0.15) is 0 Å². The van der Waals surface area contributed by atoms with E-state index < -0.39 is 0 Å². The van der Waals surface area contributed by atoms with Gasteiger partial charge >= 0.3 is 0 Å². The van der Waals surface area contributed by atoms with Crippen molar-refractivity contribution < 1.29 is 9.13 Å². The van der Waals surface area contributed by atoms with Crippen molar-refractivity contribution in [1.29, 1.82) is 0 Å². The van der Waals surface area contributed by atoms with E-state index in [0.29, 0.717) is 5.92 Å². The van der Waals surface area contributed by atoms with Gasteiger partial charge in [0.1, 0.15) is 5.82 Å². The predicted molar refractivity (Wildman–Crippen MR) is 61.7 cm³/mol. The maximum Gasteiger partial charge on any atom is 0.123 e. The molecule has 1 N–H and O–H groups in total. The SMILES string of the molecule is CC(NCC1CCOC1)c1cccc(F)c1. The van der Waals surface area contributed by atoms with Gasteiger partial charge in [-0.05, 0) is 37.0 Å². The van der Waals surface area contributed by atoms with Gasteiger partial charge in [0.2, 0.25) is 0 Å². The first kappa shape index (κ1) is 11.6. The van der Waals surface area contributed by atoms with E-state index >= 15 is 0 Å². The number of ether oxygens (including phenoxy) is 1. The third-order valence-corrected chi connectivity index (χ3v) is 3.09. The topological polar surface area (TPSA) is 21.3 Å². The standard InChI is InChI=1S/C13H18FNO/c1-10(12-3-2-4-13(14)7-12)15-8-11-5-6-16-9-11/h2-4,7,10-11,15H,5-6,8-9H2,1H3. The molecule has 0 bridgehead atoms. The number of benzene rings is 1. The summed E-state index contributed by atoms with van der Waals surface area (Å²) in [5.41, 5.74) is 0.999. The number of rotatable bonds is 4. The van der Waals surface area contributed by atoms with Crippen LogP contribution in [0.2, 0.25) is 0 Å². The highest BCUT2D eigenvalue weighted by Gasteiger charge is 2.16. The summed E-state index contributed by atoms with van der Waals surface area (Å²) in [6, 6.07) is 6.95. The molecule has 0 spiro atoms. The van der Waals surface area contributed by atoms with Crippen molar-refractivity contribution in [2.75, 3.05) is 19.8 Å². The Morgan fingerprint density at radius 1 is 1.56 bits per heavy atom. The van der Waals surface area contributed by atoms with Crippen molar-refractivity contribution in [1.82, 2.24) is 5.32 Å². The van der Waals surface area contributed by atoms with Crippen molar-refractivity contribution in [3.05, 3.63) is 35.6 Å². The first-order valence-corrected chi connectivity index (χ1v) is 5.82. The Bertz CT molecular complexity index is 336. The second-order valence-electron chi connectivity index (χ2n) is 4.41. The summed E-state index contributed by atoms with van der Waals surface area (Å²) in [5, 5.41) is 3.42. The van der Waals surface area contributed by atoms with E-state index in [2.05, 4.69) is 12.2 Å². The number of halogens is 1. The van der Waals surface area contributed by atoms with Gasteiger partial charge in [0.15, 0.2) is 0 Å². The Morgan fingerprint density at radius 2 is 2.44 bits per heavy atom. The van der Waals surface area contributed by atoms with Crippen molar-refractivity contribution in [2.45, 2.75) is 19.4 Å². The lowest BCUT2D eigenvalue weighted by Gasteiger charge is -2.16. The molecule has 0 amide bonds. The number of hydrogen-bond acceptors (Lipinski definition) is 2. The quantitative estimate of drug-likeness (QED) is 0.846. The van der Waals surface area contributed by atoms with E-state index in [-0.39, 0.29) is 11.9 Å². The molecule has 1 heterocycles. The average Bonchev–Trinajstić information content (AvgIpc) is 2.78. The highest BCUT2D eigenvalue weighted by Crippen LogP contribution is 2.16. The van der Waals surface area contributed by atoms with Crippen LogP contribution in [0.25, 0.3) is 0 Å². The van der Waals surface area contributed by atoms with Crippen LogP contribution in [0.1, 0.15) is 24.9 Å². The molecule has 16 heavy (non-hydrogen) atoms. The fourth-order valence-electron chi connectivity index (χ4n) is 1.98. The van der Waals surface area contributed by atoms with E-state index in [1.54, 1.807) is 12.1 Å². The van der Waals surface area contributed by atoms with Crippen molar-refractivity contribution in [3.8, 4) is 0 Å². The Balaban J connectivity index is 1.85. The van der Waals surface area contributed by atoms with E-state index in [1.165, 1.54) is 6.07 Å². The summed E-state index contributed by atoms with van der Waals surface area (Å²) in [5.74, 6) is 0.436. The molecule has 2 rings (SSSR count). The number of hydrogen-bond donors (Lipinski definition) is 1. The van der Waals surface area contributed by atoms with Gasteiger partial charge in [-0.3, -0.25) is 0 Å². The van der Waals surface area contributed by atoms with Gasteiger partial charge in [0.25, 0.3) is 0 Å². The molecule has 1 aliphatic rings. The first-order chi connectivity index (χ1) is 7.75. The van der Waals surface area contributed by atoms with Crippen LogP contribution in [0, 0.1) is 11.7 Å². The molecule has 1 saturated heterocycles. The molecule has 1 aromatic rings. The molecular weight excluding hydrogens is 205 g/mol. The van der Waals surface area contributed by atoms with Crippen molar-refractivity contribution >= 4 is 0 Å². The second-order valence-corrected chi connectivity index (χ2v) is 4.41. The van der Waals surface area contributed by atoms with Gasteiger partial charge in [-0.25, -0.2) is 4.39 Å². The molecule has 0 aliphatic carbocycles. The zero-order valence-electron chi connectivity index (χ0n) is 9.58. The molecule has 2 unspecified atom stereocenters. The van der Waals surface area contributed by atoms with Gasteiger partial charge in [0, 0.05) is 19.2 Å². The van der Waals surface area contributed by atoms with Gasteiger partial charge in [-0.15, -0.1) is 0 Å². The summed E-state index contributed by atoms with van der Waals surface area (Å²) in [6.45, 7) is 4.73. The molecule has 0 saturated carbocycles. The van der Waals surface area contributed by atoms with E-state index in [4.69, 9.17) is 4.74 Å². The molecule has 1 aromatic carbocycles. The monoisotopic (exact) mass is 223 g/mol. The maximum atomic E-state index is 13.0. The smallest absolute Gasteiger partial charge is 0.123 e. The van der Waals surface area contributed by atoms with E-state index in [1.807, 2.05) is 6.07 Å². The summed E-state index contributed by atoms with van der Waals surface area (Å²) < 4.78 is 18.3. The minimum atomic E-state index is -0.171. The zero-order chi connectivity index (χ0) is 11.4. The fraction of sp³-hybridized carbons (Fsp3) is 0.538. The Morgan fingerprint density at radius 3 is 3.12 bits per heavy atom. The lowest BCUT2D eigenvalue weighted by molar-refractivity contribution is 0.184. The summed E-state index contributed by atoms with van der Waals surface area (Å²) >= 11 is 0. The molecule has 2 atom stereocenters. The Labute approximate surface area is 95.8 Å². The van der Waals surface area contributed by atoms with Crippen LogP contribution >= 0.6 is 0 Å². The Kier molecular flexibility index (Phi) is 3.91. The van der Waals surface area contributed by atoms with Crippen molar-refractivity contribution in [3.63, 3.8) is 0 Å². The highest BCUT2D eigenvalue weighted by atomic mass is 19.1. The third kappa shape index (κ3) is 3.03. The third-order valence-electron chi connectivity index (χ3n) is 3.09. The van der Waals surface area contributed by atoms with Crippen LogP contribution in [-0.4, -0.2) is 19.8 Å². The molecular formula is C13H18FNO. The van der Waals surface area contributed by atoms with Gasteiger partial charge < -0.3 is 10.1 Å². The Hall–Kier alpha value is -0.930. The van der Waals surface area contributed by atoms with Gasteiger partial charge in [0.05, 0.1) is 6.61 Å². The second kappa shape index (κ2) is 5.41. The molecule has 0 radical (unpaired) electrons. The molecule has 1 fully saturated rings. The summed E-state index contributed by atoms with van der Waals surface area (Å²) in [4.78, 5) is 0. The molecule has 88 valence electrons. The molecule has 3 heteroatoms. The van der Waals surface area contributed by atoms with Crippen LogP contribution in [0.15, 0.2) is 24.3 Å². The lowest BCUT2D eigenvalue weighted by atomic mass is 10.1. The first-order valence-electron chi connectivity index (χ1n) is 5.82. The lowest BCUT2D eigenvalue weighted by Crippen LogP contribution is -2.26. The van der Waals surface area contributed by atoms with Crippen molar-refractivity contribution in [2.24, 2.45) is 5.92 Å². The summed E-state index contributed by atoms with van der Waals surface area (Å²) in [7, 11) is 0. The largest absolute Gasteiger partial charge is 0.381 e. The van der Waals surface area contributed by atoms with Crippen LogP contribution in [0.5, 0.6) is 0 Å². The molecule has 2 nitrogen and oxygen atoms in total. The zero-order valence-corrected chi connectivity index (χ0v) is 9.58. The van der Waals surface area contributed by atoms with E-state index in [9.17, 15) is 4.39 Å². The molecule has 1 aliphatic heterocycles.